The maximum absolute atomic E-state index is 12.8. The number of esters is 1. The third kappa shape index (κ3) is 6.70. The summed E-state index contributed by atoms with van der Waals surface area (Å²) in [5.41, 5.74) is 3.98. The van der Waals surface area contributed by atoms with Crippen LogP contribution in [0.1, 0.15) is 57.4 Å². The zero-order valence-corrected chi connectivity index (χ0v) is 16.7. The van der Waals surface area contributed by atoms with Crippen molar-refractivity contribution >= 4 is 11.9 Å². The first-order chi connectivity index (χ1) is 13.0. The van der Waals surface area contributed by atoms with E-state index in [0.29, 0.717) is 6.54 Å². The number of carbonyl (C=O) groups excluding carboxylic acids is 2. The van der Waals surface area contributed by atoms with Crippen molar-refractivity contribution in [2.75, 3.05) is 13.7 Å². The van der Waals surface area contributed by atoms with E-state index >= 15 is 0 Å². The summed E-state index contributed by atoms with van der Waals surface area (Å²) in [4.78, 5) is 24.0. The monoisotopic (exact) mass is 369 g/mol. The number of allylic oxidation sites excluding steroid dienone is 4. The molecule has 1 aromatic carbocycles. The Morgan fingerprint density at radius 3 is 2.63 bits per heavy atom. The van der Waals surface area contributed by atoms with Gasteiger partial charge >= 0.3 is 5.97 Å². The molecule has 0 saturated carbocycles. The fourth-order valence-corrected chi connectivity index (χ4v) is 3.58. The van der Waals surface area contributed by atoms with Crippen molar-refractivity contribution in [1.29, 1.82) is 0 Å². The molecule has 2 atom stereocenters. The van der Waals surface area contributed by atoms with Gasteiger partial charge in [-0.1, -0.05) is 53.6 Å². The fraction of sp³-hybridized carbons (Fsp3) is 0.478. The molecular weight excluding hydrogens is 338 g/mol. The minimum absolute atomic E-state index is 0.0207. The highest BCUT2D eigenvalue weighted by molar-refractivity contribution is 5.81. The molecule has 4 heteroatoms. The first-order valence-electron chi connectivity index (χ1n) is 9.72. The predicted octanol–water partition coefficient (Wildman–Crippen LogP) is 4.53. The molecule has 1 aromatic rings. The van der Waals surface area contributed by atoms with E-state index in [2.05, 4.69) is 48.2 Å². The lowest BCUT2D eigenvalue weighted by molar-refractivity contribution is -0.140. The Labute approximate surface area is 162 Å². The number of methoxy groups -OCH3 is 1. The van der Waals surface area contributed by atoms with Crippen molar-refractivity contribution in [3.05, 3.63) is 59.2 Å². The topological polar surface area (TPSA) is 55.4 Å². The first kappa shape index (κ1) is 20.9. The molecule has 1 aliphatic rings. The van der Waals surface area contributed by atoms with Crippen LogP contribution in [0.2, 0.25) is 0 Å². The van der Waals surface area contributed by atoms with Gasteiger partial charge in [0.2, 0.25) is 5.91 Å². The summed E-state index contributed by atoms with van der Waals surface area (Å²) >= 11 is 0. The average Bonchev–Trinajstić information content (AvgIpc) is 2.68. The largest absolute Gasteiger partial charge is 0.469 e. The lowest BCUT2D eigenvalue weighted by Gasteiger charge is -2.31. The van der Waals surface area contributed by atoms with Crippen LogP contribution in [-0.4, -0.2) is 25.5 Å². The quantitative estimate of drug-likeness (QED) is 0.541. The van der Waals surface area contributed by atoms with Crippen LogP contribution in [0.4, 0.5) is 0 Å². The lowest BCUT2D eigenvalue weighted by Crippen LogP contribution is -2.36. The molecule has 0 spiro atoms. The maximum Gasteiger partial charge on any atom is 0.307 e. The molecule has 0 aliphatic heterocycles. The molecule has 0 fully saturated rings. The second kappa shape index (κ2) is 10.7. The Balaban J connectivity index is 2.06. The van der Waals surface area contributed by atoms with Crippen molar-refractivity contribution in [1.82, 2.24) is 5.32 Å². The van der Waals surface area contributed by atoms with Gasteiger partial charge in [-0.25, -0.2) is 0 Å². The molecule has 0 bridgehead atoms. The molecule has 1 amide bonds. The normalized spacial score (nSPS) is 19.0. The Bertz CT molecular complexity index is 687. The van der Waals surface area contributed by atoms with E-state index < -0.39 is 0 Å². The van der Waals surface area contributed by atoms with E-state index in [1.807, 2.05) is 18.2 Å². The van der Waals surface area contributed by atoms with E-state index in [0.717, 1.165) is 25.7 Å². The van der Waals surface area contributed by atoms with E-state index in [4.69, 9.17) is 0 Å². The van der Waals surface area contributed by atoms with Gasteiger partial charge in [-0.05, 0) is 51.0 Å². The van der Waals surface area contributed by atoms with Gasteiger partial charge in [-0.2, -0.15) is 0 Å². The molecule has 0 heterocycles. The number of carbonyl (C=O) groups is 2. The number of nitrogens with one attached hydrogen (secondary N) is 1. The number of amides is 1. The predicted molar refractivity (Wildman–Crippen MR) is 108 cm³/mol. The Morgan fingerprint density at radius 2 is 1.96 bits per heavy atom. The zero-order chi connectivity index (χ0) is 19.6. The standard InChI is InChI=1S/C23H31NO3/c1-17(2)8-7-9-18-12-13-20(23(26)24-15-14-22(25)27-3)21(16-18)19-10-5-4-6-11-19/h4-6,8,10-12,20-21H,7,9,13-16H2,1-3H3,(H,24,26)/t20-,21+/m0/s1. The van der Waals surface area contributed by atoms with Crippen molar-refractivity contribution in [3.8, 4) is 0 Å². The minimum Gasteiger partial charge on any atom is -0.469 e. The molecule has 1 aliphatic carbocycles. The first-order valence-corrected chi connectivity index (χ1v) is 9.72. The van der Waals surface area contributed by atoms with Crippen molar-refractivity contribution < 1.29 is 14.3 Å². The van der Waals surface area contributed by atoms with Gasteiger partial charge in [-0.3, -0.25) is 9.59 Å². The maximum atomic E-state index is 12.8. The average molecular weight is 370 g/mol. The van der Waals surface area contributed by atoms with E-state index in [1.54, 1.807) is 0 Å². The zero-order valence-electron chi connectivity index (χ0n) is 16.7. The second-order valence-corrected chi connectivity index (χ2v) is 7.36. The Hall–Kier alpha value is -2.36. The van der Waals surface area contributed by atoms with Gasteiger partial charge in [0.05, 0.1) is 13.5 Å². The summed E-state index contributed by atoms with van der Waals surface area (Å²) in [6, 6.07) is 10.3. The summed E-state index contributed by atoms with van der Waals surface area (Å²) in [6.45, 7) is 4.56. The Kier molecular flexibility index (Phi) is 8.31. The lowest BCUT2D eigenvalue weighted by atomic mass is 9.74. The van der Waals surface area contributed by atoms with Gasteiger partial charge in [0, 0.05) is 12.5 Å². The van der Waals surface area contributed by atoms with Crippen LogP contribution in [0, 0.1) is 5.92 Å². The number of hydrogen-bond donors (Lipinski definition) is 1. The van der Waals surface area contributed by atoms with E-state index in [9.17, 15) is 9.59 Å². The highest BCUT2D eigenvalue weighted by Crippen LogP contribution is 2.39. The summed E-state index contributed by atoms with van der Waals surface area (Å²) in [5, 5.41) is 2.91. The van der Waals surface area contributed by atoms with Crippen LogP contribution < -0.4 is 5.32 Å². The summed E-state index contributed by atoms with van der Waals surface area (Å²) < 4.78 is 4.63. The summed E-state index contributed by atoms with van der Waals surface area (Å²) in [7, 11) is 1.36. The molecule has 4 nitrogen and oxygen atoms in total. The fourth-order valence-electron chi connectivity index (χ4n) is 3.58. The molecule has 146 valence electrons. The molecule has 0 aromatic heterocycles. The molecular formula is C23H31NO3. The third-order valence-corrected chi connectivity index (χ3v) is 5.07. The Morgan fingerprint density at radius 1 is 1.22 bits per heavy atom. The van der Waals surface area contributed by atoms with E-state index in [1.165, 1.54) is 23.8 Å². The SMILES string of the molecule is COC(=O)CCNC(=O)[C@H]1CC=C(CCC=C(C)C)C[C@@H]1c1ccccc1. The molecule has 1 N–H and O–H groups in total. The van der Waals surface area contributed by atoms with Crippen LogP contribution >= 0.6 is 0 Å². The number of ether oxygens (including phenoxy) is 1. The third-order valence-electron chi connectivity index (χ3n) is 5.07. The van der Waals surface area contributed by atoms with Crippen LogP contribution in [0.5, 0.6) is 0 Å². The molecule has 2 rings (SSSR count). The summed E-state index contributed by atoms with van der Waals surface area (Å²) in [6.07, 6.45) is 8.46. The van der Waals surface area contributed by atoms with Crippen LogP contribution in [0.25, 0.3) is 0 Å². The minimum atomic E-state index is -0.306. The van der Waals surface area contributed by atoms with Crippen molar-refractivity contribution in [2.24, 2.45) is 5.92 Å². The van der Waals surface area contributed by atoms with Crippen LogP contribution in [0.3, 0.4) is 0 Å². The van der Waals surface area contributed by atoms with Gasteiger partial charge in [0.25, 0.3) is 0 Å². The number of benzene rings is 1. The number of hydrogen-bond acceptors (Lipinski definition) is 3. The van der Waals surface area contributed by atoms with Gasteiger partial charge in [0.1, 0.15) is 0 Å². The molecule has 27 heavy (non-hydrogen) atoms. The second-order valence-electron chi connectivity index (χ2n) is 7.36. The van der Waals surface area contributed by atoms with Crippen molar-refractivity contribution in [2.45, 2.75) is 51.9 Å². The summed E-state index contributed by atoms with van der Waals surface area (Å²) in [5.74, 6) is -0.208. The smallest absolute Gasteiger partial charge is 0.307 e. The molecule has 0 radical (unpaired) electrons. The highest BCUT2D eigenvalue weighted by atomic mass is 16.5. The number of rotatable bonds is 8. The van der Waals surface area contributed by atoms with Gasteiger partial charge in [0.15, 0.2) is 0 Å². The van der Waals surface area contributed by atoms with Crippen LogP contribution in [-0.2, 0) is 14.3 Å². The van der Waals surface area contributed by atoms with Crippen LogP contribution in [0.15, 0.2) is 53.6 Å². The highest BCUT2D eigenvalue weighted by Gasteiger charge is 2.32. The van der Waals surface area contributed by atoms with E-state index in [-0.39, 0.29) is 30.1 Å². The van der Waals surface area contributed by atoms with Gasteiger partial charge < -0.3 is 10.1 Å². The molecule has 0 unspecified atom stereocenters. The van der Waals surface area contributed by atoms with Gasteiger partial charge in [-0.15, -0.1) is 0 Å². The van der Waals surface area contributed by atoms with Crippen molar-refractivity contribution in [3.63, 3.8) is 0 Å². The molecule has 0 saturated heterocycles.